The van der Waals surface area contributed by atoms with E-state index in [1.165, 1.54) is 39.5 Å². The quantitative estimate of drug-likeness (QED) is 0.0199. The third-order valence-corrected chi connectivity index (χ3v) is 20.1. The molecule has 0 radical (unpaired) electrons. The van der Waals surface area contributed by atoms with Gasteiger partial charge in [0, 0.05) is 19.5 Å². The van der Waals surface area contributed by atoms with Gasteiger partial charge in [0.2, 0.25) is 94.5 Å². The van der Waals surface area contributed by atoms with Crippen LogP contribution in [0, 0.1) is 5.92 Å². The van der Waals surface area contributed by atoms with Gasteiger partial charge in [-0.25, -0.2) is 4.79 Å². The summed E-state index contributed by atoms with van der Waals surface area (Å²) in [6, 6.07) is -22.1. The molecule has 0 aromatic heterocycles. The zero-order valence-corrected chi connectivity index (χ0v) is 71.6. The molecule has 2 aliphatic heterocycles. The summed E-state index contributed by atoms with van der Waals surface area (Å²) in [5.74, 6) is -15.6. The molecule has 0 aromatic carbocycles. The first-order chi connectivity index (χ1) is 56.9. The van der Waals surface area contributed by atoms with Crippen LogP contribution in [0.25, 0.3) is 0 Å². The molecule has 16 amide bonds. The van der Waals surface area contributed by atoms with Gasteiger partial charge in [0.15, 0.2) is 0 Å². The van der Waals surface area contributed by atoms with Gasteiger partial charge in [0.05, 0.1) is 18.8 Å². The Morgan fingerprint density at radius 2 is 0.752 bits per heavy atom. The highest BCUT2D eigenvalue weighted by Crippen LogP contribution is 2.21. The molecular weight excluding hydrogens is 1580 g/mol. The van der Waals surface area contributed by atoms with Gasteiger partial charge in [-0.15, -0.1) is 0 Å². The van der Waals surface area contributed by atoms with E-state index < -0.39 is 235 Å². The number of hydrogen-bond donors (Lipinski definition) is 26. The summed E-state index contributed by atoms with van der Waals surface area (Å²) in [6.07, 6.45) is -0.810. The van der Waals surface area contributed by atoms with Crippen LogP contribution >= 0.6 is 0 Å². The number of carbonyl (C=O) groups is 17. The van der Waals surface area contributed by atoms with Crippen LogP contribution in [0.5, 0.6) is 0 Å². The second kappa shape index (κ2) is 56.2. The zero-order valence-electron chi connectivity index (χ0n) is 71.6. The number of nitrogens with two attached hydrogens (primary N) is 8. The van der Waals surface area contributed by atoms with Gasteiger partial charge < -0.3 is 145 Å². The Balaban J connectivity index is 2.34. The minimum atomic E-state index is -1.82. The molecule has 0 aliphatic carbocycles. The summed E-state index contributed by atoms with van der Waals surface area (Å²) in [4.78, 5) is 238. The molecule has 34 N–H and O–H groups in total. The minimum absolute atomic E-state index is 0.00186. The number of rotatable bonds is 59. The van der Waals surface area contributed by atoms with E-state index in [2.05, 4.69) is 79.8 Å². The molecule has 121 heavy (non-hydrogen) atoms. The number of aliphatic carboxylic acids is 1. The lowest BCUT2D eigenvalue weighted by Crippen LogP contribution is -2.61. The normalized spacial score (nSPS) is 17.7. The minimum Gasteiger partial charge on any atom is -0.480 e. The fourth-order valence-corrected chi connectivity index (χ4v) is 13.2. The van der Waals surface area contributed by atoms with Gasteiger partial charge in [-0.3, -0.25) is 87.3 Å². The molecule has 2 saturated heterocycles. The molecule has 2 heterocycles. The molecule has 0 spiro atoms. The van der Waals surface area contributed by atoms with E-state index in [0.717, 1.165) is 11.8 Å². The van der Waals surface area contributed by atoms with Crippen molar-refractivity contribution in [2.45, 2.75) is 299 Å². The second-order valence-corrected chi connectivity index (χ2v) is 31.6. The SMILES string of the molecule is CC(C)C[C@H](NC(=O)[C@H](CCC(N)=O)NC(=O)[C@H](CCCCN)NC(=O)[C@H](CCCNC(N)N)NC(=O)[C@@H]1CCCN1C(=O)[C@H](C)N)C(=O)N[C@@H](C)C(=O)N[C@H](C(=O)N[C@@H](CCCCN)C(=O)N[C@@H](C)C(=O)N[C@@H](C)C(=O)N[C@@H](CCCNC(N)N)C(=O)N[C@@H](CCCCN(C)C)C(=O)N[C@@H](CO)C(=O)N[C@@H](C)C(=O)N1CCC[C@H]1C(=O)O)[C@@H](C)O. The van der Waals surface area contributed by atoms with Crippen LogP contribution in [-0.2, 0) is 81.5 Å². The van der Waals surface area contributed by atoms with E-state index in [0.29, 0.717) is 45.1 Å². The number of nitrogens with one attached hydrogen (secondary N) is 15. The fourth-order valence-electron chi connectivity index (χ4n) is 13.2. The van der Waals surface area contributed by atoms with E-state index in [1.807, 2.05) is 19.0 Å². The van der Waals surface area contributed by atoms with Crippen molar-refractivity contribution >= 4 is 100 Å². The zero-order chi connectivity index (χ0) is 91.5. The maximum absolute atomic E-state index is 14.4. The molecule has 0 saturated carbocycles. The molecular formula is C75H140N26O20. The summed E-state index contributed by atoms with van der Waals surface area (Å²) in [5.41, 5.74) is 45.6. The van der Waals surface area contributed by atoms with Crippen LogP contribution in [0.4, 0.5) is 0 Å². The van der Waals surface area contributed by atoms with Gasteiger partial charge in [0.1, 0.15) is 103 Å². The molecule has 0 unspecified atom stereocenters. The molecule has 2 rings (SSSR count). The van der Waals surface area contributed by atoms with Gasteiger partial charge >= 0.3 is 5.97 Å². The molecule has 17 atom stereocenters. The van der Waals surface area contributed by atoms with Crippen molar-refractivity contribution in [3.8, 4) is 0 Å². The van der Waals surface area contributed by atoms with Crippen LogP contribution in [0.1, 0.15) is 184 Å². The number of amides is 16. The Morgan fingerprint density at radius 3 is 1.17 bits per heavy atom. The smallest absolute Gasteiger partial charge is 0.326 e. The fraction of sp³-hybridized carbons (Fsp3) is 0.773. The number of aliphatic hydroxyl groups excluding tert-OH is 2. The summed E-state index contributed by atoms with van der Waals surface area (Å²) in [6.45, 7) is 11.8. The Morgan fingerprint density at radius 1 is 0.405 bits per heavy atom. The van der Waals surface area contributed by atoms with Crippen molar-refractivity contribution in [3.05, 3.63) is 0 Å². The van der Waals surface area contributed by atoms with Crippen LogP contribution < -0.4 is 126 Å². The highest BCUT2D eigenvalue weighted by molar-refractivity contribution is 6.01. The van der Waals surface area contributed by atoms with Gasteiger partial charge in [0.25, 0.3) is 0 Å². The van der Waals surface area contributed by atoms with E-state index in [9.17, 15) is 96.8 Å². The third-order valence-electron chi connectivity index (χ3n) is 20.1. The average Bonchev–Trinajstić information content (AvgIpc) is 1.70. The van der Waals surface area contributed by atoms with Crippen molar-refractivity contribution in [1.82, 2.24) is 94.5 Å². The van der Waals surface area contributed by atoms with Crippen molar-refractivity contribution in [2.24, 2.45) is 51.8 Å². The Hall–Kier alpha value is -9.49. The number of carbonyl (C=O) groups excluding carboxylic acids is 16. The van der Waals surface area contributed by atoms with Gasteiger partial charge in [-0.2, -0.15) is 0 Å². The summed E-state index contributed by atoms with van der Waals surface area (Å²) < 4.78 is 0. The van der Waals surface area contributed by atoms with Crippen LogP contribution in [0.2, 0.25) is 0 Å². The molecule has 690 valence electrons. The second-order valence-electron chi connectivity index (χ2n) is 31.6. The van der Waals surface area contributed by atoms with Crippen molar-refractivity contribution in [3.63, 3.8) is 0 Å². The number of unbranched alkanes of at least 4 members (excludes halogenated alkanes) is 3. The maximum Gasteiger partial charge on any atom is 0.326 e. The van der Waals surface area contributed by atoms with E-state index in [4.69, 9.17) is 45.9 Å². The summed E-state index contributed by atoms with van der Waals surface area (Å²) in [5, 5.41) is 69.4. The molecule has 46 nitrogen and oxygen atoms in total. The number of carboxylic acids is 1. The average molecular weight is 1730 g/mol. The van der Waals surface area contributed by atoms with Crippen LogP contribution in [0.3, 0.4) is 0 Å². The largest absolute Gasteiger partial charge is 0.480 e. The Labute approximate surface area is 706 Å². The standard InChI is InChI=1S/C75H140N26O20/c1-39(2)37-52(96-66(113)51(28-29-56(79)104)93-62(109)47(22-12-15-31-77)91-64(111)50(25-18-33-85-75(82)83)94-69(116)54-26-19-35-100(54)71(118)40(3)78)67(114)88-43(6)60(107)98-57(45(8)103)70(117)95-46(21-11-14-30-76)61(108)87-41(4)58(105)86-42(5)59(106)90-49(24-17-32-84-74(80)81)63(110)92-48(23-13-16-34-99(9)10)65(112)97-53(38-102)68(115)89-44(7)72(119)101-36-20-27-55(101)73(120)121/h39-55,57,74-75,84-85,102-103H,11-38,76-78,80-83H2,1-10H3,(H2,79,104)(H,86,105)(H,87,108)(H,88,114)(H,89,115)(H,90,106)(H,91,111)(H,92,110)(H,93,109)(H,94,116)(H,95,117)(H,96,113)(H,97,112)(H,98,107)(H,120,121)/t40-,41-,42-,43-,44-,45+,46-,47-,48-,49-,50-,51-,52-,53-,54-,55-,57-/m0/s1. The first-order valence-corrected chi connectivity index (χ1v) is 41.5. The van der Waals surface area contributed by atoms with Crippen molar-refractivity contribution < 1.29 is 96.8 Å². The van der Waals surface area contributed by atoms with Crippen molar-refractivity contribution in [2.75, 3.05) is 66.5 Å². The molecule has 2 aliphatic rings. The molecule has 0 bridgehead atoms. The lowest BCUT2D eigenvalue weighted by molar-refractivity contribution is -0.149. The van der Waals surface area contributed by atoms with Crippen LogP contribution in [-0.4, -0.2) is 312 Å². The lowest BCUT2D eigenvalue weighted by atomic mass is 10.0. The third kappa shape index (κ3) is 39.9. The summed E-state index contributed by atoms with van der Waals surface area (Å²) >= 11 is 0. The van der Waals surface area contributed by atoms with E-state index >= 15 is 0 Å². The Kier molecular flexibility index (Phi) is 50.0. The summed E-state index contributed by atoms with van der Waals surface area (Å²) in [7, 11) is 3.65. The monoisotopic (exact) mass is 1730 g/mol. The highest BCUT2D eigenvalue weighted by Gasteiger charge is 2.42. The molecule has 46 heteroatoms. The highest BCUT2D eigenvalue weighted by atomic mass is 16.4. The number of primary amides is 1. The van der Waals surface area contributed by atoms with Gasteiger partial charge in [-0.1, -0.05) is 13.8 Å². The number of nitrogens with zero attached hydrogens (tertiary/aromatic N) is 3. The molecule has 0 aromatic rings. The molecule has 2 fully saturated rings. The number of aliphatic hydroxyl groups is 2. The van der Waals surface area contributed by atoms with E-state index in [1.54, 1.807) is 13.8 Å². The first-order valence-electron chi connectivity index (χ1n) is 41.5. The number of hydrogen-bond acceptors (Lipinski definition) is 29. The number of carboxylic acid groups (broad SMARTS) is 1. The van der Waals surface area contributed by atoms with E-state index in [-0.39, 0.29) is 122 Å². The van der Waals surface area contributed by atoms with Crippen LogP contribution in [0.15, 0.2) is 0 Å². The number of likely N-dealkylation sites (tertiary alicyclic amines) is 2. The topological polar surface area (TPSA) is 749 Å². The van der Waals surface area contributed by atoms with Crippen molar-refractivity contribution in [1.29, 1.82) is 0 Å². The predicted octanol–water partition coefficient (Wildman–Crippen LogP) is -10.4. The predicted molar refractivity (Wildman–Crippen MR) is 442 cm³/mol. The van der Waals surface area contributed by atoms with Gasteiger partial charge in [-0.05, 0) is 216 Å². The maximum atomic E-state index is 14.4. The Bertz CT molecular complexity index is 3390. The first kappa shape index (κ1) is 108. The lowest BCUT2D eigenvalue weighted by Gasteiger charge is -2.29.